The van der Waals surface area contributed by atoms with E-state index in [4.69, 9.17) is 0 Å². The largest absolute Gasteiger partial charge is 0.310 e. The van der Waals surface area contributed by atoms with Gasteiger partial charge in [0.15, 0.2) is 0 Å². The smallest absolute Gasteiger partial charge is 0.0493 e. The van der Waals surface area contributed by atoms with Gasteiger partial charge in [-0.15, -0.1) is 0 Å². The van der Waals surface area contributed by atoms with Gasteiger partial charge in [0.2, 0.25) is 0 Å². The fourth-order valence-electron chi connectivity index (χ4n) is 3.35. The summed E-state index contributed by atoms with van der Waals surface area (Å²) in [6.45, 7) is 2.19. The summed E-state index contributed by atoms with van der Waals surface area (Å²) in [5.41, 5.74) is 8.02. The summed E-state index contributed by atoms with van der Waals surface area (Å²) in [5, 5.41) is 0. The second-order valence-corrected chi connectivity index (χ2v) is 5.88. The van der Waals surface area contributed by atoms with Gasteiger partial charge in [-0.3, -0.25) is 0 Å². The Morgan fingerprint density at radius 2 is 1.05 bits per heavy atom. The van der Waals surface area contributed by atoms with Crippen molar-refractivity contribution in [1.82, 2.24) is 0 Å². The molecule has 0 saturated heterocycles. The van der Waals surface area contributed by atoms with E-state index in [1.54, 1.807) is 0 Å². The van der Waals surface area contributed by atoms with Crippen LogP contribution in [0.1, 0.15) is 16.7 Å². The molecular weight excluding hydrogens is 266 g/mol. The summed E-state index contributed by atoms with van der Waals surface area (Å²) in [7, 11) is 0. The van der Waals surface area contributed by atoms with E-state index in [0.717, 1.165) is 12.8 Å². The highest BCUT2D eigenvalue weighted by molar-refractivity contribution is 5.82. The van der Waals surface area contributed by atoms with Gasteiger partial charge in [-0.2, -0.15) is 0 Å². The lowest BCUT2D eigenvalue weighted by atomic mass is 10.0. The minimum Gasteiger partial charge on any atom is -0.310 e. The summed E-state index contributed by atoms with van der Waals surface area (Å²) in [6, 6.07) is 26.2. The first-order valence-corrected chi connectivity index (χ1v) is 7.86. The molecule has 1 heteroatoms. The average molecular weight is 285 g/mol. The number of para-hydroxylation sites is 3. The van der Waals surface area contributed by atoms with Crippen LogP contribution in [0.3, 0.4) is 0 Å². The molecule has 22 heavy (non-hydrogen) atoms. The van der Waals surface area contributed by atoms with Gasteiger partial charge < -0.3 is 4.90 Å². The molecule has 1 nitrogen and oxygen atoms in total. The van der Waals surface area contributed by atoms with Crippen LogP contribution in [-0.2, 0) is 12.8 Å². The molecule has 0 spiro atoms. The first kappa shape index (κ1) is 13.1. The number of anilines is 3. The van der Waals surface area contributed by atoms with Crippen molar-refractivity contribution in [3.8, 4) is 0 Å². The van der Waals surface area contributed by atoms with Gasteiger partial charge in [-0.05, 0) is 54.7 Å². The lowest BCUT2D eigenvalue weighted by Gasteiger charge is -2.28. The third kappa shape index (κ3) is 2.10. The molecular formula is C21H19N. The maximum Gasteiger partial charge on any atom is 0.0493 e. The molecule has 0 unspecified atom stereocenters. The van der Waals surface area contributed by atoms with Crippen LogP contribution in [0, 0.1) is 6.92 Å². The number of fused-ring (bicyclic) bond motifs is 2. The molecule has 0 saturated carbocycles. The number of benzene rings is 3. The van der Waals surface area contributed by atoms with E-state index >= 15 is 0 Å². The predicted molar refractivity (Wildman–Crippen MR) is 93.3 cm³/mol. The molecule has 0 aliphatic carbocycles. The van der Waals surface area contributed by atoms with E-state index in [1.165, 1.54) is 33.8 Å². The Hall–Kier alpha value is -2.54. The van der Waals surface area contributed by atoms with Crippen molar-refractivity contribution < 1.29 is 0 Å². The third-order valence-electron chi connectivity index (χ3n) is 4.49. The Balaban J connectivity index is 2.01. The lowest BCUT2D eigenvalue weighted by molar-refractivity contribution is 0.977. The molecule has 0 N–H and O–H groups in total. The van der Waals surface area contributed by atoms with Crippen LogP contribution in [0.5, 0.6) is 0 Å². The minimum absolute atomic E-state index is 1.09. The molecule has 0 aromatic heterocycles. The zero-order valence-corrected chi connectivity index (χ0v) is 12.8. The number of nitrogens with zero attached hydrogens (tertiary/aromatic N) is 1. The van der Waals surface area contributed by atoms with E-state index < -0.39 is 0 Å². The van der Waals surface area contributed by atoms with Crippen molar-refractivity contribution in [3.05, 3.63) is 89.5 Å². The highest BCUT2D eigenvalue weighted by atomic mass is 15.2. The maximum atomic E-state index is 2.42. The van der Waals surface area contributed by atoms with Crippen LogP contribution in [0.15, 0.2) is 72.8 Å². The van der Waals surface area contributed by atoms with E-state index in [0.29, 0.717) is 0 Å². The maximum absolute atomic E-state index is 2.42. The number of rotatable bonds is 1. The molecule has 1 aliphatic heterocycles. The Morgan fingerprint density at radius 1 is 0.591 bits per heavy atom. The Kier molecular flexibility index (Phi) is 3.19. The summed E-state index contributed by atoms with van der Waals surface area (Å²) in [5.74, 6) is 0. The molecule has 0 bridgehead atoms. The zero-order valence-electron chi connectivity index (χ0n) is 12.8. The molecule has 0 fully saturated rings. The van der Waals surface area contributed by atoms with Gasteiger partial charge in [0.25, 0.3) is 0 Å². The van der Waals surface area contributed by atoms with Gasteiger partial charge in [0, 0.05) is 17.1 Å². The van der Waals surface area contributed by atoms with Crippen molar-refractivity contribution >= 4 is 17.1 Å². The molecule has 108 valence electrons. The highest BCUT2D eigenvalue weighted by Crippen LogP contribution is 2.42. The van der Waals surface area contributed by atoms with Crippen molar-refractivity contribution in [2.75, 3.05) is 4.90 Å². The van der Waals surface area contributed by atoms with Crippen molar-refractivity contribution in [1.29, 1.82) is 0 Å². The SMILES string of the molecule is Cc1ccccc1N1c2ccccc2CCc2ccccc21. The Morgan fingerprint density at radius 3 is 1.59 bits per heavy atom. The predicted octanol–water partition coefficient (Wildman–Crippen LogP) is 5.56. The molecule has 0 radical (unpaired) electrons. The molecule has 0 amide bonds. The summed E-state index contributed by atoms with van der Waals surface area (Å²) in [4.78, 5) is 2.42. The third-order valence-corrected chi connectivity index (χ3v) is 4.49. The topological polar surface area (TPSA) is 3.24 Å². The number of aryl methyl sites for hydroxylation is 3. The first-order valence-electron chi connectivity index (χ1n) is 7.86. The fraction of sp³-hybridized carbons (Fsp3) is 0.143. The Labute approximate surface area is 131 Å². The summed E-state index contributed by atoms with van der Waals surface area (Å²) in [6.07, 6.45) is 2.19. The standard InChI is InChI=1S/C21H19N/c1-16-8-2-5-11-19(16)22-20-12-6-3-9-17(20)14-15-18-10-4-7-13-21(18)22/h2-13H,14-15H2,1H3. The zero-order chi connectivity index (χ0) is 14.9. The van der Waals surface area contributed by atoms with E-state index in [1.807, 2.05) is 0 Å². The number of hydrogen-bond donors (Lipinski definition) is 0. The average Bonchev–Trinajstić information content (AvgIpc) is 2.73. The quantitative estimate of drug-likeness (QED) is 0.565. The minimum atomic E-state index is 1.09. The fourth-order valence-corrected chi connectivity index (χ4v) is 3.35. The van der Waals surface area contributed by atoms with Crippen LogP contribution < -0.4 is 4.90 Å². The van der Waals surface area contributed by atoms with Crippen LogP contribution in [0.4, 0.5) is 17.1 Å². The van der Waals surface area contributed by atoms with E-state index in [-0.39, 0.29) is 0 Å². The van der Waals surface area contributed by atoms with Gasteiger partial charge >= 0.3 is 0 Å². The monoisotopic (exact) mass is 285 g/mol. The van der Waals surface area contributed by atoms with Gasteiger partial charge in [-0.25, -0.2) is 0 Å². The Bertz CT molecular complexity index is 772. The highest BCUT2D eigenvalue weighted by Gasteiger charge is 2.22. The van der Waals surface area contributed by atoms with Crippen molar-refractivity contribution in [2.24, 2.45) is 0 Å². The summed E-state index contributed by atoms with van der Waals surface area (Å²) >= 11 is 0. The lowest BCUT2D eigenvalue weighted by Crippen LogP contribution is -2.12. The molecule has 0 atom stereocenters. The van der Waals surface area contributed by atoms with Crippen molar-refractivity contribution in [3.63, 3.8) is 0 Å². The molecule has 1 aliphatic rings. The van der Waals surface area contributed by atoms with Crippen LogP contribution in [-0.4, -0.2) is 0 Å². The van der Waals surface area contributed by atoms with Crippen LogP contribution in [0.25, 0.3) is 0 Å². The van der Waals surface area contributed by atoms with Crippen molar-refractivity contribution in [2.45, 2.75) is 19.8 Å². The van der Waals surface area contributed by atoms with Gasteiger partial charge in [0.05, 0.1) is 0 Å². The second-order valence-electron chi connectivity index (χ2n) is 5.88. The van der Waals surface area contributed by atoms with Crippen LogP contribution in [0.2, 0.25) is 0 Å². The summed E-state index contributed by atoms with van der Waals surface area (Å²) < 4.78 is 0. The first-order chi connectivity index (χ1) is 10.8. The van der Waals surface area contributed by atoms with Gasteiger partial charge in [-0.1, -0.05) is 54.6 Å². The second kappa shape index (κ2) is 5.34. The molecule has 3 aromatic carbocycles. The van der Waals surface area contributed by atoms with Crippen LogP contribution >= 0.6 is 0 Å². The normalized spacial score (nSPS) is 13.2. The molecule has 4 rings (SSSR count). The molecule has 3 aromatic rings. The van der Waals surface area contributed by atoms with E-state index in [9.17, 15) is 0 Å². The number of hydrogen-bond acceptors (Lipinski definition) is 1. The molecule has 1 heterocycles. The van der Waals surface area contributed by atoms with Gasteiger partial charge in [0.1, 0.15) is 0 Å². The van der Waals surface area contributed by atoms with E-state index in [2.05, 4.69) is 84.6 Å².